The van der Waals surface area contributed by atoms with Crippen molar-refractivity contribution in [2.75, 3.05) is 12.4 Å². The summed E-state index contributed by atoms with van der Waals surface area (Å²) in [7, 11) is 1.83. The van der Waals surface area contributed by atoms with Gasteiger partial charge in [0.1, 0.15) is 5.60 Å². The molecule has 0 radical (unpaired) electrons. The molecule has 1 amide bonds. The zero-order valence-corrected chi connectivity index (χ0v) is 20.9. The van der Waals surface area contributed by atoms with Gasteiger partial charge in [0.05, 0.1) is 16.8 Å². The molecule has 2 saturated carbocycles. The van der Waals surface area contributed by atoms with E-state index in [1.165, 1.54) is 0 Å². The first-order valence-corrected chi connectivity index (χ1v) is 12.3. The van der Waals surface area contributed by atoms with Gasteiger partial charge in [-0.15, -0.1) is 0 Å². The van der Waals surface area contributed by atoms with Crippen LogP contribution in [0.4, 0.5) is 10.5 Å². The summed E-state index contributed by atoms with van der Waals surface area (Å²) in [5, 5.41) is 4.67. The van der Waals surface area contributed by atoms with E-state index in [9.17, 15) is 9.59 Å². The highest BCUT2D eigenvalue weighted by Gasteiger charge is 2.34. The Morgan fingerprint density at radius 1 is 1.12 bits per heavy atom. The van der Waals surface area contributed by atoms with Crippen LogP contribution >= 0.6 is 15.9 Å². The second kappa shape index (κ2) is 9.00. The first kappa shape index (κ1) is 23.0. The molecule has 7 heteroatoms. The van der Waals surface area contributed by atoms with Crippen LogP contribution in [0.25, 0.3) is 10.9 Å². The van der Waals surface area contributed by atoms with Crippen LogP contribution in [0.1, 0.15) is 69.7 Å². The molecule has 0 aliphatic heterocycles. The van der Waals surface area contributed by atoms with Gasteiger partial charge < -0.3 is 15.0 Å². The van der Waals surface area contributed by atoms with Crippen molar-refractivity contribution in [2.45, 2.75) is 77.0 Å². The van der Waals surface area contributed by atoms with Gasteiger partial charge in [-0.05, 0) is 77.5 Å². The molecule has 172 valence electrons. The molecule has 0 spiro atoms. The van der Waals surface area contributed by atoms with Gasteiger partial charge in [-0.25, -0.2) is 4.79 Å². The van der Waals surface area contributed by atoms with Crippen molar-refractivity contribution >= 4 is 44.4 Å². The molecule has 1 N–H and O–H groups in total. The Morgan fingerprint density at radius 2 is 1.81 bits per heavy atom. The van der Waals surface area contributed by atoms with Crippen LogP contribution in [0.5, 0.6) is 0 Å². The Labute approximate surface area is 198 Å². The van der Waals surface area contributed by atoms with E-state index in [1.54, 1.807) is 11.1 Å². The lowest BCUT2D eigenvalue weighted by molar-refractivity contribution is 0.0185. The van der Waals surface area contributed by atoms with Gasteiger partial charge in [0, 0.05) is 41.1 Å². The lowest BCUT2D eigenvalue weighted by Crippen LogP contribution is -2.43. The summed E-state index contributed by atoms with van der Waals surface area (Å²) in [6.45, 7) is 5.66. The first-order valence-electron chi connectivity index (χ1n) is 11.5. The molecule has 0 bridgehead atoms. The number of carbonyl (C=O) groups excluding carboxylic acids is 2. The number of benzene rings is 1. The van der Waals surface area contributed by atoms with Crippen LogP contribution in [0.2, 0.25) is 0 Å². The minimum Gasteiger partial charge on any atom is -0.444 e. The second-order valence-corrected chi connectivity index (χ2v) is 11.0. The summed E-state index contributed by atoms with van der Waals surface area (Å²) in [5.41, 5.74) is 1.98. The van der Waals surface area contributed by atoms with Crippen molar-refractivity contribution in [3.63, 3.8) is 0 Å². The van der Waals surface area contributed by atoms with Crippen LogP contribution in [0, 0.1) is 5.92 Å². The van der Waals surface area contributed by atoms with Gasteiger partial charge in [-0.2, -0.15) is 0 Å². The Kier molecular flexibility index (Phi) is 6.48. The molecule has 0 unspecified atom stereocenters. The molecular weight excluding hydrogens is 470 g/mol. The van der Waals surface area contributed by atoms with E-state index in [0.29, 0.717) is 5.56 Å². The zero-order chi connectivity index (χ0) is 23.0. The van der Waals surface area contributed by atoms with Crippen molar-refractivity contribution in [1.29, 1.82) is 0 Å². The van der Waals surface area contributed by atoms with E-state index in [-0.39, 0.29) is 29.9 Å². The van der Waals surface area contributed by atoms with Crippen LogP contribution in [-0.2, 0) is 4.74 Å². The molecule has 0 atom stereocenters. The number of pyridine rings is 1. The number of ketones is 1. The number of nitrogens with zero attached hydrogens (tertiary/aromatic N) is 2. The van der Waals surface area contributed by atoms with Gasteiger partial charge in [0.15, 0.2) is 5.78 Å². The summed E-state index contributed by atoms with van der Waals surface area (Å²) in [5.74, 6) is 0.334. The Balaban J connectivity index is 1.49. The molecule has 1 heterocycles. The van der Waals surface area contributed by atoms with E-state index in [4.69, 9.17) is 4.74 Å². The quantitative estimate of drug-likeness (QED) is 0.495. The molecule has 1 aromatic carbocycles. The Hall–Kier alpha value is -2.15. The maximum atomic E-state index is 13.0. The number of amides is 1. The van der Waals surface area contributed by atoms with Gasteiger partial charge in [-0.1, -0.05) is 15.9 Å². The lowest BCUT2D eigenvalue weighted by atomic mass is 9.89. The summed E-state index contributed by atoms with van der Waals surface area (Å²) in [6, 6.07) is 6.39. The number of hydrogen-bond donors (Lipinski definition) is 1. The van der Waals surface area contributed by atoms with Crippen LogP contribution in [0.15, 0.2) is 28.9 Å². The van der Waals surface area contributed by atoms with E-state index in [0.717, 1.165) is 59.6 Å². The molecule has 2 aliphatic rings. The summed E-state index contributed by atoms with van der Waals surface area (Å²) in [4.78, 5) is 31.7. The molecule has 1 aromatic heterocycles. The fraction of sp³-hybridized carbons (Fsp3) is 0.560. The highest BCUT2D eigenvalue weighted by atomic mass is 79.9. The lowest BCUT2D eigenvalue weighted by Gasteiger charge is -2.36. The SMILES string of the molecule is CN(C(=O)OC(C)(C)C)C1CCC(Nc2c(C(=O)C3CC3)cnc3ccc(Br)cc23)CC1. The Bertz CT molecular complexity index is 1020. The largest absolute Gasteiger partial charge is 0.444 e. The zero-order valence-electron chi connectivity index (χ0n) is 19.3. The van der Waals surface area contributed by atoms with E-state index >= 15 is 0 Å². The fourth-order valence-electron chi connectivity index (χ4n) is 4.37. The summed E-state index contributed by atoms with van der Waals surface area (Å²) < 4.78 is 6.49. The molecule has 6 nitrogen and oxygen atoms in total. The van der Waals surface area contributed by atoms with Gasteiger partial charge in [0.25, 0.3) is 0 Å². The fourth-order valence-corrected chi connectivity index (χ4v) is 4.73. The average Bonchev–Trinajstić information content (AvgIpc) is 3.58. The van der Waals surface area contributed by atoms with Crippen molar-refractivity contribution < 1.29 is 14.3 Å². The molecular formula is C25H32BrN3O3. The number of rotatable bonds is 5. The highest BCUT2D eigenvalue weighted by molar-refractivity contribution is 9.10. The third-order valence-electron chi connectivity index (χ3n) is 6.32. The third-order valence-corrected chi connectivity index (χ3v) is 6.81. The number of nitrogens with one attached hydrogen (secondary N) is 1. The topological polar surface area (TPSA) is 71.5 Å². The van der Waals surface area contributed by atoms with Gasteiger partial charge >= 0.3 is 6.09 Å². The second-order valence-electron chi connectivity index (χ2n) is 10.1. The van der Waals surface area contributed by atoms with Gasteiger partial charge in [-0.3, -0.25) is 9.78 Å². The van der Waals surface area contributed by atoms with Crippen LogP contribution in [-0.4, -0.2) is 46.5 Å². The number of ether oxygens (including phenoxy) is 1. The van der Waals surface area contributed by atoms with Gasteiger partial charge in [0.2, 0.25) is 0 Å². The molecule has 2 aliphatic carbocycles. The maximum Gasteiger partial charge on any atom is 0.410 e. The molecule has 4 rings (SSSR count). The average molecular weight is 502 g/mol. The molecule has 2 aromatic rings. The number of hydrogen-bond acceptors (Lipinski definition) is 5. The highest BCUT2D eigenvalue weighted by Crippen LogP contribution is 2.38. The standard InChI is InChI=1S/C25H32BrN3O3/c1-25(2,3)32-24(31)29(4)18-10-8-17(9-11-18)28-22-19-13-16(26)7-12-21(19)27-14-20(22)23(30)15-5-6-15/h7,12-15,17-18H,5-6,8-11H2,1-4H3,(H,27,28). The number of Topliss-reactive ketones (excluding diaryl/α,β-unsaturated/α-hetero) is 1. The van der Waals surface area contributed by atoms with Crippen LogP contribution < -0.4 is 5.32 Å². The van der Waals surface area contributed by atoms with Crippen molar-refractivity contribution in [3.05, 3.63) is 34.4 Å². The smallest absolute Gasteiger partial charge is 0.410 e. The predicted octanol–water partition coefficient (Wildman–Crippen LogP) is 6.18. The minimum atomic E-state index is -0.495. The van der Waals surface area contributed by atoms with Crippen molar-refractivity contribution in [1.82, 2.24) is 9.88 Å². The Morgan fingerprint density at radius 3 is 2.44 bits per heavy atom. The number of fused-ring (bicyclic) bond motifs is 1. The first-order chi connectivity index (χ1) is 15.1. The van der Waals surface area contributed by atoms with Crippen molar-refractivity contribution in [2.24, 2.45) is 5.92 Å². The summed E-state index contributed by atoms with van der Waals surface area (Å²) in [6.07, 6.45) is 7.04. The molecule has 2 fully saturated rings. The minimum absolute atomic E-state index is 0.139. The number of anilines is 1. The molecule has 32 heavy (non-hydrogen) atoms. The normalized spacial score (nSPS) is 21.3. The predicted molar refractivity (Wildman–Crippen MR) is 130 cm³/mol. The van der Waals surface area contributed by atoms with E-state index in [1.807, 2.05) is 46.0 Å². The third kappa shape index (κ3) is 5.25. The van der Waals surface area contributed by atoms with Crippen molar-refractivity contribution in [3.8, 4) is 0 Å². The van der Waals surface area contributed by atoms with E-state index < -0.39 is 5.60 Å². The van der Waals surface area contributed by atoms with Crippen LogP contribution in [0.3, 0.4) is 0 Å². The number of carbonyl (C=O) groups is 2. The maximum absolute atomic E-state index is 13.0. The monoisotopic (exact) mass is 501 g/mol. The molecule has 0 saturated heterocycles. The summed E-state index contributed by atoms with van der Waals surface area (Å²) >= 11 is 3.56. The number of aromatic nitrogens is 1. The number of halogens is 1. The van der Waals surface area contributed by atoms with E-state index in [2.05, 4.69) is 26.2 Å².